The van der Waals surface area contributed by atoms with Crippen molar-refractivity contribution in [3.05, 3.63) is 88.3 Å². The summed E-state index contributed by atoms with van der Waals surface area (Å²) in [4.78, 5) is 34.1. The molecule has 39 heavy (non-hydrogen) atoms. The van der Waals surface area contributed by atoms with Crippen LogP contribution in [0.3, 0.4) is 0 Å². The molecular formula is C30H31N3O6. The van der Waals surface area contributed by atoms with Crippen molar-refractivity contribution in [2.45, 2.75) is 13.2 Å². The van der Waals surface area contributed by atoms with Crippen molar-refractivity contribution in [3.63, 3.8) is 0 Å². The molecule has 202 valence electrons. The SMILES string of the molecule is COc1ccc(-c2cnc3c(c2)c(OC)c(C(=O)OCc2ccccc2)c(=O)n3CCN2CCOCC2)cc1. The standard InChI is InChI=1S/C30H31N3O6/c1-36-24-10-8-22(9-11-24)23-18-25-27(37-2)26(30(35)39-20-21-6-4-3-5-7-21)29(34)33(28(25)31-19-23)13-12-32-14-16-38-17-15-32/h3-11,18-19H,12-17,20H2,1-2H3. The van der Waals surface area contributed by atoms with Crippen molar-refractivity contribution >= 4 is 17.0 Å². The van der Waals surface area contributed by atoms with Crippen molar-refractivity contribution in [2.75, 3.05) is 47.1 Å². The van der Waals surface area contributed by atoms with Gasteiger partial charge in [-0.3, -0.25) is 14.3 Å². The Balaban J connectivity index is 1.58. The minimum Gasteiger partial charge on any atom is -0.497 e. The lowest BCUT2D eigenvalue weighted by Gasteiger charge is -2.27. The number of esters is 1. The number of methoxy groups -OCH3 is 2. The molecule has 1 fully saturated rings. The molecule has 0 amide bonds. The molecule has 2 aromatic carbocycles. The van der Waals surface area contributed by atoms with Crippen LogP contribution in [0.4, 0.5) is 0 Å². The molecule has 0 spiro atoms. The number of carbonyl (C=O) groups is 1. The van der Waals surface area contributed by atoms with E-state index in [1.807, 2.05) is 60.7 Å². The highest BCUT2D eigenvalue weighted by Gasteiger charge is 2.26. The largest absolute Gasteiger partial charge is 0.497 e. The predicted octanol–water partition coefficient (Wildman–Crippen LogP) is 3.77. The lowest BCUT2D eigenvalue weighted by Crippen LogP contribution is -2.40. The highest BCUT2D eigenvalue weighted by Crippen LogP contribution is 2.31. The zero-order chi connectivity index (χ0) is 27.2. The highest BCUT2D eigenvalue weighted by molar-refractivity contribution is 6.00. The summed E-state index contributed by atoms with van der Waals surface area (Å²) >= 11 is 0. The lowest BCUT2D eigenvalue weighted by molar-refractivity contribution is 0.0363. The van der Waals surface area contributed by atoms with Crippen LogP contribution in [0.5, 0.6) is 11.5 Å². The fourth-order valence-corrected chi connectivity index (χ4v) is 4.70. The second-order valence-electron chi connectivity index (χ2n) is 9.20. The van der Waals surface area contributed by atoms with Gasteiger partial charge >= 0.3 is 5.97 Å². The zero-order valence-electron chi connectivity index (χ0n) is 22.1. The number of aromatic nitrogens is 2. The normalized spacial score (nSPS) is 13.8. The van der Waals surface area contributed by atoms with E-state index in [1.54, 1.807) is 17.9 Å². The third-order valence-electron chi connectivity index (χ3n) is 6.84. The topological polar surface area (TPSA) is 92.1 Å². The fraction of sp³-hybridized carbons (Fsp3) is 0.300. The van der Waals surface area contributed by atoms with Crippen LogP contribution >= 0.6 is 0 Å². The first-order valence-corrected chi connectivity index (χ1v) is 12.8. The summed E-state index contributed by atoms with van der Waals surface area (Å²) in [5.74, 6) is 0.154. The number of rotatable bonds is 9. The van der Waals surface area contributed by atoms with Gasteiger partial charge in [0, 0.05) is 37.9 Å². The fourth-order valence-electron chi connectivity index (χ4n) is 4.70. The molecule has 0 radical (unpaired) electrons. The lowest BCUT2D eigenvalue weighted by atomic mass is 10.0. The average Bonchev–Trinajstić information content (AvgIpc) is 2.99. The van der Waals surface area contributed by atoms with Gasteiger partial charge in [-0.25, -0.2) is 9.78 Å². The predicted molar refractivity (Wildman–Crippen MR) is 147 cm³/mol. The van der Waals surface area contributed by atoms with Gasteiger partial charge in [0.2, 0.25) is 0 Å². The van der Waals surface area contributed by atoms with Crippen molar-refractivity contribution in [3.8, 4) is 22.6 Å². The molecule has 0 bridgehead atoms. The van der Waals surface area contributed by atoms with Crippen molar-refractivity contribution in [2.24, 2.45) is 0 Å². The maximum absolute atomic E-state index is 13.8. The van der Waals surface area contributed by atoms with Crippen LogP contribution in [0.15, 0.2) is 71.7 Å². The summed E-state index contributed by atoms with van der Waals surface area (Å²) in [5, 5.41) is 0.555. The van der Waals surface area contributed by atoms with Gasteiger partial charge in [0.15, 0.2) is 5.56 Å². The third-order valence-corrected chi connectivity index (χ3v) is 6.84. The Hall–Kier alpha value is -4.21. The second-order valence-corrected chi connectivity index (χ2v) is 9.20. The minimum absolute atomic E-state index is 0.0399. The quantitative estimate of drug-likeness (QED) is 0.303. The van der Waals surface area contributed by atoms with Gasteiger partial charge < -0.3 is 18.9 Å². The number of fused-ring (bicyclic) bond motifs is 1. The van der Waals surface area contributed by atoms with Gasteiger partial charge in [0.25, 0.3) is 5.56 Å². The number of nitrogens with zero attached hydrogens (tertiary/aromatic N) is 3. The molecule has 9 heteroatoms. The first kappa shape index (κ1) is 26.4. The van der Waals surface area contributed by atoms with E-state index in [4.69, 9.17) is 18.9 Å². The van der Waals surface area contributed by atoms with E-state index in [0.29, 0.717) is 37.3 Å². The van der Waals surface area contributed by atoms with Gasteiger partial charge in [-0.2, -0.15) is 0 Å². The molecule has 1 saturated heterocycles. The van der Waals surface area contributed by atoms with Crippen LogP contribution in [-0.4, -0.2) is 67.5 Å². The molecule has 0 unspecified atom stereocenters. The van der Waals surface area contributed by atoms with E-state index < -0.39 is 11.5 Å². The third kappa shape index (κ3) is 5.79. The molecular weight excluding hydrogens is 498 g/mol. The van der Waals surface area contributed by atoms with Crippen LogP contribution < -0.4 is 15.0 Å². The Bertz CT molecular complexity index is 1500. The number of pyridine rings is 2. The summed E-state index contributed by atoms with van der Waals surface area (Å²) in [5.41, 5.74) is 2.35. The second kappa shape index (κ2) is 12.1. The number of benzene rings is 2. The molecule has 5 rings (SSSR count). The van der Waals surface area contributed by atoms with E-state index in [0.717, 1.165) is 35.5 Å². The first-order valence-electron chi connectivity index (χ1n) is 12.8. The number of carbonyl (C=O) groups excluding carboxylic acids is 1. The van der Waals surface area contributed by atoms with Crippen LogP contribution in [0, 0.1) is 0 Å². The van der Waals surface area contributed by atoms with Gasteiger partial charge in [0.05, 0.1) is 32.8 Å². The average molecular weight is 530 g/mol. The monoisotopic (exact) mass is 529 g/mol. The minimum atomic E-state index is -0.738. The van der Waals surface area contributed by atoms with Crippen molar-refractivity contribution in [1.29, 1.82) is 0 Å². The zero-order valence-corrected chi connectivity index (χ0v) is 22.1. The first-order chi connectivity index (χ1) is 19.1. The van der Waals surface area contributed by atoms with E-state index in [2.05, 4.69) is 9.88 Å². The number of morpholine rings is 1. The van der Waals surface area contributed by atoms with Crippen molar-refractivity contribution in [1.82, 2.24) is 14.5 Å². The van der Waals surface area contributed by atoms with Crippen LogP contribution in [-0.2, 0) is 22.6 Å². The molecule has 9 nitrogen and oxygen atoms in total. The van der Waals surface area contributed by atoms with Crippen LogP contribution in [0.1, 0.15) is 15.9 Å². The van der Waals surface area contributed by atoms with Gasteiger partial charge in [-0.05, 0) is 29.3 Å². The molecule has 0 atom stereocenters. The Morgan fingerprint density at radius 3 is 2.38 bits per heavy atom. The van der Waals surface area contributed by atoms with Crippen LogP contribution in [0.2, 0.25) is 0 Å². The highest BCUT2D eigenvalue weighted by atomic mass is 16.5. The van der Waals surface area contributed by atoms with Gasteiger partial charge in [-0.1, -0.05) is 42.5 Å². The molecule has 2 aromatic heterocycles. The van der Waals surface area contributed by atoms with E-state index in [9.17, 15) is 9.59 Å². The van der Waals surface area contributed by atoms with E-state index in [-0.39, 0.29) is 17.9 Å². The molecule has 0 saturated carbocycles. The Morgan fingerprint density at radius 2 is 1.69 bits per heavy atom. The summed E-state index contributed by atoms with van der Waals surface area (Å²) in [6.07, 6.45) is 1.72. The maximum atomic E-state index is 13.8. The molecule has 3 heterocycles. The molecule has 0 N–H and O–H groups in total. The van der Waals surface area contributed by atoms with Gasteiger partial charge in [0.1, 0.15) is 23.8 Å². The number of ether oxygens (including phenoxy) is 4. The van der Waals surface area contributed by atoms with Gasteiger partial charge in [-0.15, -0.1) is 0 Å². The summed E-state index contributed by atoms with van der Waals surface area (Å²) < 4.78 is 23.5. The molecule has 4 aromatic rings. The van der Waals surface area contributed by atoms with E-state index >= 15 is 0 Å². The number of hydrogen-bond donors (Lipinski definition) is 0. The maximum Gasteiger partial charge on any atom is 0.347 e. The summed E-state index contributed by atoms with van der Waals surface area (Å²) in [6.45, 7) is 3.88. The summed E-state index contributed by atoms with van der Waals surface area (Å²) in [7, 11) is 3.06. The summed E-state index contributed by atoms with van der Waals surface area (Å²) in [6, 6.07) is 18.8. The Labute approximate surface area is 226 Å². The molecule has 1 aliphatic rings. The Morgan fingerprint density at radius 1 is 0.949 bits per heavy atom. The van der Waals surface area contributed by atoms with E-state index in [1.165, 1.54) is 7.11 Å². The Kier molecular flexibility index (Phi) is 8.19. The van der Waals surface area contributed by atoms with Crippen LogP contribution in [0.25, 0.3) is 22.2 Å². The molecule has 1 aliphatic heterocycles. The molecule has 0 aliphatic carbocycles. The smallest absolute Gasteiger partial charge is 0.347 e. The number of hydrogen-bond acceptors (Lipinski definition) is 8. The van der Waals surface area contributed by atoms with Crippen molar-refractivity contribution < 1.29 is 23.7 Å².